The normalized spacial score (nSPS) is 7.30. The maximum Gasteiger partial charge on any atom is 1.00 e. The van der Waals surface area contributed by atoms with Crippen LogP contribution in [0.25, 0.3) is 0 Å². The minimum Gasteiger partial charge on any atom is 0 e. The van der Waals surface area contributed by atoms with Crippen LogP contribution in [-0.4, -0.2) is 93.5 Å². The molecule has 1 radical (unpaired) electrons. The first-order valence-electron chi connectivity index (χ1n) is 18.9. The maximum absolute atomic E-state index is 7.61. The van der Waals surface area contributed by atoms with Crippen molar-refractivity contribution in [1.82, 2.24) is 0 Å². The molecule has 0 bridgehead atoms. The molecule has 0 aromatic heterocycles. The Labute approximate surface area is 752 Å². The van der Waals surface area contributed by atoms with Crippen molar-refractivity contribution in [2.24, 2.45) is 35.5 Å². The van der Waals surface area contributed by atoms with Gasteiger partial charge in [0.1, 0.15) is 0 Å². The van der Waals surface area contributed by atoms with E-state index < -0.39 is 25.5 Å². The van der Waals surface area contributed by atoms with Crippen molar-refractivity contribution < 1.29 is 412 Å². The molecular weight excluding hydrogens is 1640 g/mol. The summed E-state index contributed by atoms with van der Waals surface area (Å²) in [5, 5.41) is 15.2. The molecular formula is C43H110BBrMgO2Rb6SnYb2-. The maximum atomic E-state index is 7.61. The number of unbranched alkanes of at least 4 members (excludes halogenated alkanes) is 3. The van der Waals surface area contributed by atoms with E-state index in [0.29, 0.717) is 0 Å². The van der Waals surface area contributed by atoms with Crippen LogP contribution < -0.4 is 308 Å². The molecule has 0 atom stereocenters. The van der Waals surface area contributed by atoms with Crippen molar-refractivity contribution in [2.45, 2.75) is 209 Å². The largest absolute Gasteiger partial charge is 1.00 e. The molecule has 0 aliphatic carbocycles. The molecule has 345 valence electrons. The van der Waals surface area contributed by atoms with Gasteiger partial charge in [0.2, 0.25) is 0 Å². The molecule has 57 heavy (non-hydrogen) atoms. The molecule has 2 N–H and O–H groups in total. The minimum atomic E-state index is -1.56. The number of rotatable bonds is 9. The van der Waals surface area contributed by atoms with Crippen LogP contribution in [0.2, 0.25) is 25.1 Å². The summed E-state index contributed by atoms with van der Waals surface area (Å²) in [6, 6.07) is 0. The van der Waals surface area contributed by atoms with Crippen LogP contribution in [0.15, 0.2) is 0 Å². The smallest absolute Gasteiger partial charge is 0 e. The Morgan fingerprint density at radius 1 is 0.421 bits per heavy atom. The molecule has 0 aliphatic rings. The molecule has 14 heteroatoms. The van der Waals surface area contributed by atoms with E-state index in [4.69, 9.17) is 10.0 Å². The van der Waals surface area contributed by atoms with Gasteiger partial charge in [-0.1, -0.05) is 125 Å². The van der Waals surface area contributed by atoms with E-state index in [-0.39, 0.29) is 439 Å². The summed E-state index contributed by atoms with van der Waals surface area (Å²) in [6.07, 6.45) is 8.76. The molecule has 0 aliphatic heterocycles. The van der Waals surface area contributed by atoms with Gasteiger partial charge in [-0.2, -0.15) is 0 Å². The molecule has 0 spiro atoms. The van der Waals surface area contributed by atoms with Gasteiger partial charge < -0.3 is 64.2 Å². The van der Waals surface area contributed by atoms with Gasteiger partial charge in [-0.15, -0.1) is 0 Å². The topological polar surface area (TPSA) is 40.5 Å². The number of hydrogen-bond donors (Lipinski definition) is 2. The second-order valence-electron chi connectivity index (χ2n) is 16.1. The van der Waals surface area contributed by atoms with E-state index in [0.717, 1.165) is 84.7 Å². The molecule has 0 fully saturated rings. The van der Waals surface area contributed by atoms with Gasteiger partial charge in [-0.25, -0.2) is 0 Å². The van der Waals surface area contributed by atoms with Crippen LogP contribution in [0.1, 0.15) is 184 Å². The zero-order valence-corrected chi connectivity index (χ0v) is 86.2. The zero-order valence-electron chi connectivity index (χ0n) is 47.4. The van der Waals surface area contributed by atoms with Crippen LogP contribution in [0.4, 0.5) is 0 Å². The summed E-state index contributed by atoms with van der Waals surface area (Å²) in [6.45, 7) is 47.3. The SMILES string of the molecule is CB(O)O.CC(C)C.CC(C)C.CC(C)C.CC(C)C.CC(C)C.CC(C)C.CCC[CH2][Sn]([CH3])([CH2]CCC)[CH2]CCC.[Br-].[CH3-].[CH3-].[CH3-].[CH3-].[CH3-].[Mg][Rb].[Rb+].[Rb+].[Rb+].[Rb+].[Rb+].[Yb].[Yb]. The van der Waals surface area contributed by atoms with E-state index in [1.165, 1.54) is 45.3 Å². The average Bonchev–Trinajstić information content (AvgIpc) is 2.79. The molecule has 0 heterocycles. The summed E-state index contributed by atoms with van der Waals surface area (Å²) in [7, 11) is 0.904. The number of halogens is 1. The van der Waals surface area contributed by atoms with Crippen molar-refractivity contribution in [3.8, 4) is 0 Å². The van der Waals surface area contributed by atoms with Gasteiger partial charge in [0.15, 0.2) is 0 Å². The van der Waals surface area contributed by atoms with E-state index >= 15 is 0 Å². The monoisotopic (exact) mass is 1750 g/mol. The molecule has 0 rings (SSSR count). The first-order chi connectivity index (χ1) is 19.8. The first kappa shape index (κ1) is 145. The van der Waals surface area contributed by atoms with E-state index in [1.54, 1.807) is 13.3 Å². The van der Waals surface area contributed by atoms with Crippen LogP contribution in [-0.2, 0) is 0 Å². The van der Waals surface area contributed by atoms with Gasteiger partial charge in [0.05, 0.1) is 0 Å². The zero-order chi connectivity index (χ0) is 37.9. The van der Waals surface area contributed by atoms with Crippen molar-refractivity contribution in [3.05, 3.63) is 37.1 Å². The Morgan fingerprint density at radius 3 is 0.544 bits per heavy atom. The van der Waals surface area contributed by atoms with E-state index in [2.05, 4.69) is 159 Å². The van der Waals surface area contributed by atoms with Crippen molar-refractivity contribution in [1.29, 1.82) is 0 Å². The van der Waals surface area contributed by atoms with Crippen LogP contribution in [0, 0.1) is 166 Å². The molecule has 2 nitrogen and oxygen atoms in total. The molecule has 0 aromatic carbocycles. The van der Waals surface area contributed by atoms with Crippen LogP contribution in [0.5, 0.6) is 0 Å². The standard InChI is InChI=1S/6C4H10.3C4H9.CH5BO2.6CH3.BrH.Mg.6Rb.Sn.2Yb/c6*1-4(2)3;3*1-3-4-2;1-2(3)4;;;;;;;;;;;;;;;;;/h6*4H,1-3H3;3*1,3-4H2,2H3;3-4H,1H3;6*1H3;1H;;;;;;;;;;/q;;;;;;;;;;;5*-1;;;;5*+1;;;/p-1. The fraction of sp³-hybridized carbons (Fsp3) is 0.884. The van der Waals surface area contributed by atoms with E-state index in [1.807, 2.05) is 0 Å². The quantitative estimate of drug-likeness (QED) is 0.209. The Balaban J connectivity index is -0.0000000125. The van der Waals surface area contributed by atoms with Gasteiger partial charge in [-0.05, 0) is 42.3 Å². The predicted octanol–water partition coefficient (Wildman–Crippen LogP) is -1.96. The van der Waals surface area contributed by atoms with Crippen molar-refractivity contribution in [3.63, 3.8) is 0 Å². The second kappa shape index (κ2) is 134. The Kier molecular flexibility index (Phi) is 342. The van der Waals surface area contributed by atoms with Gasteiger partial charge in [0.25, 0.3) is 0 Å². The number of hydrogen-bond acceptors (Lipinski definition) is 2. The summed E-state index contributed by atoms with van der Waals surface area (Å²) >= 11 is -0.586. The summed E-state index contributed by atoms with van der Waals surface area (Å²) in [4.78, 5) is 2.72. The van der Waals surface area contributed by atoms with Gasteiger partial charge in [0, 0.05) is 93.8 Å². The van der Waals surface area contributed by atoms with Crippen molar-refractivity contribution in [2.75, 3.05) is 0 Å². The third-order valence-corrected chi connectivity index (χ3v) is 16.8. The van der Waals surface area contributed by atoms with Gasteiger partial charge >= 0.3 is 452 Å². The third kappa shape index (κ3) is 368. The Bertz CT molecular complexity index is 336. The molecule has 0 amide bonds. The predicted molar refractivity (Wildman–Crippen MR) is 253 cm³/mol. The summed E-state index contributed by atoms with van der Waals surface area (Å²) in [5.41, 5.74) is 0. The Hall–Kier alpha value is 15.9. The van der Waals surface area contributed by atoms with Crippen LogP contribution >= 0.6 is 0 Å². The van der Waals surface area contributed by atoms with E-state index in [9.17, 15) is 0 Å². The fourth-order valence-corrected chi connectivity index (χ4v) is 14.7. The summed E-state index contributed by atoms with van der Waals surface area (Å²) < 4.78 is 4.97. The minimum absolute atomic E-state index is 0. The second-order valence-corrected chi connectivity index (χ2v) is 30.8. The molecule has 0 saturated carbocycles. The molecule has 0 unspecified atom stereocenters. The fourth-order valence-electron chi connectivity index (χ4n) is 2.19. The molecule has 0 saturated heterocycles. The third-order valence-electron chi connectivity index (χ3n) is 3.40. The Morgan fingerprint density at radius 2 is 0.491 bits per heavy atom. The van der Waals surface area contributed by atoms with Crippen LogP contribution in [0.3, 0.4) is 0 Å². The van der Waals surface area contributed by atoms with Crippen molar-refractivity contribution >= 4 is 83.5 Å². The molecule has 0 aromatic rings. The average molecular weight is 1750 g/mol. The summed E-state index contributed by atoms with van der Waals surface area (Å²) in [5.74, 6) is 5.00. The van der Waals surface area contributed by atoms with Gasteiger partial charge in [-0.3, -0.25) is 0 Å². The first-order valence-corrected chi connectivity index (χ1v) is 39.6.